The maximum Gasteiger partial charge on any atom is 0.412 e. The maximum atomic E-state index is 12.3. The summed E-state index contributed by atoms with van der Waals surface area (Å²) < 4.78 is 10.6. The van der Waals surface area contributed by atoms with E-state index in [1.54, 1.807) is 55.2 Å². The van der Waals surface area contributed by atoms with E-state index in [-0.39, 0.29) is 25.0 Å². The van der Waals surface area contributed by atoms with Gasteiger partial charge >= 0.3 is 12.2 Å². The standard InChI is InChI=1S/C26H42N4O6/c1-25(2,3)21(31)28(7)15-14-27-23(33)36-20-12-10-19(11-13-20)18-35-24(34)30(9)17-16-29(8)22(32)26(4,5)6/h10-13H,14-18H2,1-9H3,(H,27,33). The highest BCUT2D eigenvalue weighted by Crippen LogP contribution is 2.17. The van der Waals surface area contributed by atoms with Gasteiger partial charge in [0, 0.05) is 58.2 Å². The monoisotopic (exact) mass is 506 g/mol. The third-order valence-corrected chi connectivity index (χ3v) is 5.27. The molecule has 0 unspecified atom stereocenters. The molecule has 0 radical (unpaired) electrons. The van der Waals surface area contributed by atoms with Gasteiger partial charge in [0.2, 0.25) is 11.8 Å². The van der Waals surface area contributed by atoms with E-state index in [9.17, 15) is 19.2 Å². The van der Waals surface area contributed by atoms with Gasteiger partial charge < -0.3 is 29.5 Å². The van der Waals surface area contributed by atoms with Crippen molar-refractivity contribution >= 4 is 24.0 Å². The number of amides is 4. The molecule has 1 aromatic carbocycles. The van der Waals surface area contributed by atoms with E-state index in [2.05, 4.69) is 5.32 Å². The van der Waals surface area contributed by atoms with Crippen LogP contribution in [-0.4, -0.2) is 86.0 Å². The number of benzene rings is 1. The van der Waals surface area contributed by atoms with Crippen molar-refractivity contribution in [2.75, 3.05) is 47.3 Å². The van der Waals surface area contributed by atoms with Crippen LogP contribution in [0.5, 0.6) is 5.75 Å². The first-order valence-electron chi connectivity index (χ1n) is 12.0. The number of carbonyl (C=O) groups excluding carboxylic acids is 4. The Morgan fingerprint density at radius 1 is 0.750 bits per heavy atom. The summed E-state index contributed by atoms with van der Waals surface area (Å²) in [7, 11) is 5.02. The molecule has 0 heterocycles. The van der Waals surface area contributed by atoms with Gasteiger partial charge in [0.05, 0.1) is 0 Å². The predicted octanol–water partition coefficient (Wildman–Crippen LogP) is 3.35. The van der Waals surface area contributed by atoms with E-state index in [0.717, 1.165) is 5.56 Å². The number of nitrogens with one attached hydrogen (secondary N) is 1. The van der Waals surface area contributed by atoms with Crippen molar-refractivity contribution in [3.8, 4) is 5.75 Å². The summed E-state index contributed by atoms with van der Waals surface area (Å²) in [5, 5.41) is 2.62. The molecule has 0 aliphatic rings. The smallest absolute Gasteiger partial charge is 0.412 e. The number of hydrogen-bond donors (Lipinski definition) is 1. The van der Waals surface area contributed by atoms with Gasteiger partial charge in [-0.05, 0) is 17.7 Å². The van der Waals surface area contributed by atoms with Crippen LogP contribution in [0.3, 0.4) is 0 Å². The predicted molar refractivity (Wildman–Crippen MR) is 137 cm³/mol. The first kappa shape index (κ1) is 30.7. The minimum absolute atomic E-state index is 0.00299. The van der Waals surface area contributed by atoms with Gasteiger partial charge in [-0.3, -0.25) is 9.59 Å². The Morgan fingerprint density at radius 2 is 1.22 bits per heavy atom. The van der Waals surface area contributed by atoms with Crippen molar-refractivity contribution in [3.05, 3.63) is 29.8 Å². The van der Waals surface area contributed by atoms with Gasteiger partial charge in [0.1, 0.15) is 12.4 Å². The number of rotatable bonds is 9. The third-order valence-electron chi connectivity index (χ3n) is 5.27. The van der Waals surface area contributed by atoms with E-state index < -0.39 is 23.0 Å². The Bertz CT molecular complexity index is 902. The molecular weight excluding hydrogens is 464 g/mol. The second-order valence-corrected chi connectivity index (χ2v) is 10.9. The lowest BCUT2D eigenvalue weighted by Gasteiger charge is -2.27. The molecule has 0 fully saturated rings. The molecule has 36 heavy (non-hydrogen) atoms. The molecule has 0 atom stereocenters. The Balaban J connectivity index is 2.40. The van der Waals surface area contributed by atoms with Gasteiger partial charge in [-0.1, -0.05) is 53.7 Å². The Hall–Kier alpha value is -3.30. The van der Waals surface area contributed by atoms with Crippen LogP contribution < -0.4 is 10.1 Å². The SMILES string of the molecule is CN(CCN(C)C(=O)C(C)(C)C)C(=O)OCc1ccc(OC(=O)NCCN(C)C(=O)C(C)(C)C)cc1. The highest BCUT2D eigenvalue weighted by molar-refractivity contribution is 5.81. The van der Waals surface area contributed by atoms with Crippen LogP contribution in [0.2, 0.25) is 0 Å². The summed E-state index contributed by atoms with van der Waals surface area (Å²) in [6.45, 7) is 12.5. The molecule has 0 saturated heterocycles. The number of carbonyl (C=O) groups is 4. The number of ether oxygens (including phenoxy) is 2. The van der Waals surface area contributed by atoms with Crippen molar-refractivity contribution in [2.45, 2.75) is 48.1 Å². The molecule has 0 spiro atoms. The average Bonchev–Trinajstić information content (AvgIpc) is 2.79. The van der Waals surface area contributed by atoms with Gasteiger partial charge in [0.15, 0.2) is 0 Å². The minimum Gasteiger partial charge on any atom is -0.445 e. The summed E-state index contributed by atoms with van der Waals surface area (Å²) >= 11 is 0. The molecule has 0 aromatic heterocycles. The molecule has 1 aromatic rings. The number of likely N-dealkylation sites (N-methyl/N-ethyl adjacent to an activating group) is 3. The average molecular weight is 507 g/mol. The Labute approximate surface area is 214 Å². The molecule has 202 valence electrons. The van der Waals surface area contributed by atoms with Gasteiger partial charge in [-0.2, -0.15) is 0 Å². The normalized spacial score (nSPS) is 11.4. The number of nitrogens with zero attached hydrogens (tertiary/aromatic N) is 3. The molecule has 0 saturated carbocycles. The maximum absolute atomic E-state index is 12.3. The molecule has 1 rings (SSSR count). The van der Waals surface area contributed by atoms with E-state index in [0.29, 0.717) is 25.4 Å². The quantitative estimate of drug-likeness (QED) is 0.550. The third kappa shape index (κ3) is 10.5. The zero-order valence-corrected chi connectivity index (χ0v) is 23.1. The van der Waals surface area contributed by atoms with Crippen LogP contribution in [0, 0.1) is 10.8 Å². The molecule has 10 heteroatoms. The molecule has 1 N–H and O–H groups in total. The fraction of sp³-hybridized carbons (Fsp3) is 0.615. The highest BCUT2D eigenvalue weighted by atomic mass is 16.6. The molecule has 0 bridgehead atoms. The van der Waals surface area contributed by atoms with E-state index in [1.165, 1.54) is 4.90 Å². The first-order chi connectivity index (χ1) is 16.5. The second kappa shape index (κ2) is 13.1. The topological polar surface area (TPSA) is 108 Å². The van der Waals surface area contributed by atoms with Gasteiger partial charge in [-0.15, -0.1) is 0 Å². The lowest BCUT2D eigenvalue weighted by atomic mass is 9.95. The van der Waals surface area contributed by atoms with Gasteiger partial charge in [-0.25, -0.2) is 9.59 Å². The molecule has 0 aliphatic heterocycles. The van der Waals surface area contributed by atoms with Crippen molar-refractivity contribution < 1.29 is 28.7 Å². The first-order valence-corrected chi connectivity index (χ1v) is 12.0. The van der Waals surface area contributed by atoms with Crippen molar-refractivity contribution in [1.29, 1.82) is 0 Å². The van der Waals surface area contributed by atoms with E-state index in [4.69, 9.17) is 9.47 Å². The fourth-order valence-electron chi connectivity index (χ4n) is 3.12. The summed E-state index contributed by atoms with van der Waals surface area (Å²) in [6.07, 6.45) is -1.12. The lowest BCUT2D eigenvalue weighted by Crippen LogP contribution is -2.41. The minimum atomic E-state index is -0.623. The van der Waals surface area contributed by atoms with Crippen LogP contribution >= 0.6 is 0 Å². The van der Waals surface area contributed by atoms with Crippen molar-refractivity contribution in [3.63, 3.8) is 0 Å². The Kier molecular flexibility index (Phi) is 11.2. The van der Waals surface area contributed by atoms with E-state index >= 15 is 0 Å². The zero-order chi connectivity index (χ0) is 27.7. The molecule has 0 aliphatic carbocycles. The second-order valence-electron chi connectivity index (χ2n) is 10.9. The van der Waals surface area contributed by atoms with Crippen LogP contribution in [0.4, 0.5) is 9.59 Å². The fourth-order valence-corrected chi connectivity index (χ4v) is 3.12. The van der Waals surface area contributed by atoms with Crippen LogP contribution in [0.25, 0.3) is 0 Å². The Morgan fingerprint density at radius 3 is 1.72 bits per heavy atom. The summed E-state index contributed by atoms with van der Waals surface area (Å²) in [4.78, 5) is 53.2. The summed E-state index contributed by atoms with van der Waals surface area (Å²) in [5.41, 5.74) is -0.232. The number of hydrogen-bond acceptors (Lipinski definition) is 6. The molecule has 4 amide bonds. The summed E-state index contributed by atoms with van der Waals surface area (Å²) in [5.74, 6) is 0.330. The zero-order valence-electron chi connectivity index (χ0n) is 23.1. The lowest BCUT2D eigenvalue weighted by molar-refractivity contribution is -0.138. The van der Waals surface area contributed by atoms with Gasteiger partial charge in [0.25, 0.3) is 0 Å². The van der Waals surface area contributed by atoms with E-state index in [1.807, 2.05) is 41.5 Å². The van der Waals surface area contributed by atoms with Crippen LogP contribution in [0.1, 0.15) is 47.1 Å². The summed E-state index contributed by atoms with van der Waals surface area (Å²) in [6, 6.07) is 6.60. The van der Waals surface area contributed by atoms with Crippen LogP contribution in [-0.2, 0) is 20.9 Å². The van der Waals surface area contributed by atoms with Crippen LogP contribution in [0.15, 0.2) is 24.3 Å². The van der Waals surface area contributed by atoms with Crippen molar-refractivity contribution in [2.24, 2.45) is 10.8 Å². The molecular formula is C26H42N4O6. The highest BCUT2D eigenvalue weighted by Gasteiger charge is 2.26. The molecule has 10 nitrogen and oxygen atoms in total. The van der Waals surface area contributed by atoms with Crippen molar-refractivity contribution in [1.82, 2.24) is 20.0 Å². The largest absolute Gasteiger partial charge is 0.445 e.